The maximum atomic E-state index is 12.0. The number of rotatable bonds is 2. The smallest absolute Gasteiger partial charge is 0.192 e. The highest BCUT2D eigenvalue weighted by Crippen LogP contribution is 2.33. The zero-order valence-corrected chi connectivity index (χ0v) is 9.33. The molecular formula is C10H12ClNOS. The normalized spacial score (nSPS) is 19.9. The Morgan fingerprint density at radius 1 is 1.43 bits per heavy atom. The molecule has 2 N–H and O–H groups in total. The van der Waals surface area contributed by atoms with Crippen LogP contribution in [-0.4, -0.2) is 11.3 Å². The average molecular weight is 230 g/mol. The number of halogens is 1. The molecule has 0 aliphatic heterocycles. The molecule has 1 aromatic heterocycles. The summed E-state index contributed by atoms with van der Waals surface area (Å²) in [4.78, 5) is 12.7. The van der Waals surface area contributed by atoms with Crippen LogP contribution in [0.25, 0.3) is 0 Å². The Bertz CT molecular complexity index is 355. The first-order valence-corrected chi connectivity index (χ1v) is 5.90. The Hall–Kier alpha value is -0.380. The lowest BCUT2D eigenvalue weighted by Crippen LogP contribution is -2.44. The summed E-state index contributed by atoms with van der Waals surface area (Å²) in [7, 11) is 0. The van der Waals surface area contributed by atoms with Crippen LogP contribution < -0.4 is 5.73 Å². The van der Waals surface area contributed by atoms with E-state index in [0.717, 1.165) is 25.7 Å². The van der Waals surface area contributed by atoms with Crippen molar-refractivity contribution in [2.24, 2.45) is 5.73 Å². The van der Waals surface area contributed by atoms with E-state index in [4.69, 9.17) is 17.3 Å². The third-order valence-corrected chi connectivity index (χ3v) is 3.97. The molecule has 0 unspecified atom stereocenters. The number of ketones is 1. The van der Waals surface area contributed by atoms with Gasteiger partial charge in [0.05, 0.1) is 14.8 Å². The van der Waals surface area contributed by atoms with E-state index >= 15 is 0 Å². The highest BCUT2D eigenvalue weighted by molar-refractivity contribution is 7.18. The number of Topliss-reactive ketones (excluding diaryl/α,β-unsaturated/α-hetero) is 1. The van der Waals surface area contributed by atoms with E-state index in [0.29, 0.717) is 9.21 Å². The Morgan fingerprint density at radius 3 is 2.57 bits per heavy atom. The van der Waals surface area contributed by atoms with Crippen LogP contribution in [-0.2, 0) is 0 Å². The van der Waals surface area contributed by atoms with Crippen molar-refractivity contribution >= 4 is 28.7 Å². The van der Waals surface area contributed by atoms with Crippen LogP contribution >= 0.6 is 22.9 Å². The predicted octanol–water partition coefficient (Wildman–Crippen LogP) is 2.86. The summed E-state index contributed by atoms with van der Waals surface area (Å²) in [5.41, 5.74) is 5.44. The van der Waals surface area contributed by atoms with Crippen molar-refractivity contribution in [3.8, 4) is 0 Å². The van der Waals surface area contributed by atoms with Crippen molar-refractivity contribution in [1.29, 1.82) is 0 Å². The molecular weight excluding hydrogens is 218 g/mol. The van der Waals surface area contributed by atoms with Crippen LogP contribution in [0, 0.1) is 0 Å². The van der Waals surface area contributed by atoms with Crippen LogP contribution in [0.1, 0.15) is 35.4 Å². The molecule has 1 fully saturated rings. The summed E-state index contributed by atoms with van der Waals surface area (Å²) in [6.45, 7) is 0. The maximum Gasteiger partial charge on any atom is 0.192 e. The van der Waals surface area contributed by atoms with E-state index in [1.807, 2.05) is 0 Å². The second-order valence-corrected chi connectivity index (χ2v) is 5.51. The molecule has 1 aliphatic rings. The van der Waals surface area contributed by atoms with E-state index in [2.05, 4.69) is 0 Å². The summed E-state index contributed by atoms with van der Waals surface area (Å²) in [6.07, 6.45) is 3.73. The third kappa shape index (κ3) is 1.72. The third-order valence-electron chi connectivity index (χ3n) is 2.74. The fraction of sp³-hybridized carbons (Fsp3) is 0.500. The van der Waals surface area contributed by atoms with Crippen molar-refractivity contribution in [2.75, 3.05) is 0 Å². The molecule has 76 valence electrons. The van der Waals surface area contributed by atoms with Gasteiger partial charge in [0.25, 0.3) is 0 Å². The van der Waals surface area contributed by atoms with Gasteiger partial charge in [-0.15, -0.1) is 11.3 Å². The minimum atomic E-state index is -0.617. The first-order chi connectivity index (χ1) is 6.62. The predicted molar refractivity (Wildman–Crippen MR) is 59.0 cm³/mol. The van der Waals surface area contributed by atoms with E-state index in [1.165, 1.54) is 11.3 Å². The van der Waals surface area contributed by atoms with Gasteiger partial charge in [-0.25, -0.2) is 0 Å². The summed E-state index contributed by atoms with van der Waals surface area (Å²) in [6, 6.07) is 3.51. The van der Waals surface area contributed by atoms with Gasteiger partial charge in [-0.05, 0) is 25.0 Å². The van der Waals surface area contributed by atoms with E-state index in [-0.39, 0.29) is 5.78 Å². The zero-order chi connectivity index (χ0) is 10.2. The number of thiophene rings is 1. The summed E-state index contributed by atoms with van der Waals surface area (Å²) in [5.74, 6) is 0.0619. The zero-order valence-electron chi connectivity index (χ0n) is 7.75. The molecule has 0 bridgehead atoms. The van der Waals surface area contributed by atoms with Crippen LogP contribution in [0.5, 0.6) is 0 Å². The van der Waals surface area contributed by atoms with Gasteiger partial charge in [0, 0.05) is 0 Å². The molecule has 0 spiro atoms. The molecule has 0 atom stereocenters. The number of carbonyl (C=O) groups excluding carboxylic acids is 1. The average Bonchev–Trinajstić information content (AvgIpc) is 2.74. The molecule has 14 heavy (non-hydrogen) atoms. The Morgan fingerprint density at radius 2 is 2.07 bits per heavy atom. The minimum absolute atomic E-state index is 0.0619. The summed E-state index contributed by atoms with van der Waals surface area (Å²) < 4.78 is 0.648. The lowest BCUT2D eigenvalue weighted by atomic mass is 9.92. The second kappa shape index (κ2) is 3.65. The van der Waals surface area contributed by atoms with Crippen LogP contribution in [0.4, 0.5) is 0 Å². The lowest BCUT2D eigenvalue weighted by Gasteiger charge is -2.20. The van der Waals surface area contributed by atoms with E-state index < -0.39 is 5.54 Å². The highest BCUT2D eigenvalue weighted by Gasteiger charge is 2.37. The summed E-state index contributed by atoms with van der Waals surface area (Å²) >= 11 is 7.10. The molecule has 1 saturated carbocycles. The van der Waals surface area contributed by atoms with Crippen molar-refractivity contribution in [2.45, 2.75) is 31.2 Å². The van der Waals surface area contributed by atoms with Crippen LogP contribution in [0.2, 0.25) is 4.34 Å². The van der Waals surface area contributed by atoms with Crippen molar-refractivity contribution < 1.29 is 4.79 Å². The van der Waals surface area contributed by atoms with E-state index in [1.54, 1.807) is 12.1 Å². The van der Waals surface area contributed by atoms with Gasteiger partial charge in [-0.2, -0.15) is 0 Å². The van der Waals surface area contributed by atoms with Gasteiger partial charge < -0.3 is 5.73 Å². The highest BCUT2D eigenvalue weighted by atomic mass is 35.5. The van der Waals surface area contributed by atoms with Gasteiger partial charge in [-0.1, -0.05) is 24.4 Å². The molecule has 0 aromatic carbocycles. The Balaban J connectivity index is 2.23. The molecule has 2 nitrogen and oxygen atoms in total. The van der Waals surface area contributed by atoms with Gasteiger partial charge >= 0.3 is 0 Å². The molecule has 0 radical (unpaired) electrons. The SMILES string of the molecule is NC1(C(=O)c2ccc(Cl)s2)CCCC1. The largest absolute Gasteiger partial charge is 0.319 e. The van der Waals surface area contributed by atoms with Crippen molar-refractivity contribution in [3.63, 3.8) is 0 Å². The molecule has 4 heteroatoms. The molecule has 1 heterocycles. The first-order valence-electron chi connectivity index (χ1n) is 4.71. The van der Waals surface area contributed by atoms with Crippen molar-refractivity contribution in [3.05, 3.63) is 21.3 Å². The Labute approximate surface area is 92.1 Å². The van der Waals surface area contributed by atoms with Gasteiger partial charge in [0.15, 0.2) is 5.78 Å². The van der Waals surface area contributed by atoms with E-state index in [9.17, 15) is 4.79 Å². The number of hydrogen-bond donors (Lipinski definition) is 1. The maximum absolute atomic E-state index is 12.0. The first kappa shape index (κ1) is 10.1. The number of hydrogen-bond acceptors (Lipinski definition) is 3. The quantitative estimate of drug-likeness (QED) is 0.793. The summed E-state index contributed by atoms with van der Waals surface area (Å²) in [5, 5.41) is 0. The van der Waals surface area contributed by atoms with Gasteiger partial charge in [-0.3, -0.25) is 4.79 Å². The fourth-order valence-corrected chi connectivity index (χ4v) is 3.01. The number of nitrogens with two attached hydrogens (primary N) is 1. The Kier molecular flexibility index (Phi) is 2.64. The standard InChI is InChI=1S/C10H12ClNOS/c11-8-4-3-7(14-8)9(13)10(12)5-1-2-6-10/h3-4H,1-2,5-6,12H2. The molecule has 1 aliphatic carbocycles. The van der Waals surface area contributed by atoms with Crippen LogP contribution in [0.15, 0.2) is 12.1 Å². The monoisotopic (exact) mass is 229 g/mol. The molecule has 0 amide bonds. The minimum Gasteiger partial charge on any atom is -0.319 e. The topological polar surface area (TPSA) is 43.1 Å². The molecule has 0 saturated heterocycles. The van der Waals surface area contributed by atoms with Crippen LogP contribution in [0.3, 0.4) is 0 Å². The fourth-order valence-electron chi connectivity index (χ4n) is 1.91. The van der Waals surface area contributed by atoms with Gasteiger partial charge in [0.1, 0.15) is 0 Å². The van der Waals surface area contributed by atoms with Crippen molar-refractivity contribution in [1.82, 2.24) is 0 Å². The van der Waals surface area contributed by atoms with Gasteiger partial charge in [0.2, 0.25) is 0 Å². The molecule has 1 aromatic rings. The molecule has 2 rings (SSSR count). The second-order valence-electron chi connectivity index (χ2n) is 3.80. The lowest BCUT2D eigenvalue weighted by molar-refractivity contribution is 0.0896. The number of carbonyl (C=O) groups is 1.